The van der Waals surface area contributed by atoms with E-state index >= 15 is 0 Å². The first kappa shape index (κ1) is 15.1. The molecule has 5 nitrogen and oxygen atoms in total. The van der Waals surface area contributed by atoms with Crippen molar-refractivity contribution in [3.8, 4) is 16.9 Å². The van der Waals surface area contributed by atoms with E-state index in [2.05, 4.69) is 4.99 Å². The number of ether oxygens (including phenoxy) is 1. The van der Waals surface area contributed by atoms with Crippen LogP contribution in [0.3, 0.4) is 0 Å². The number of nitrogens with two attached hydrogens (primary N) is 1. The first-order valence-electron chi connectivity index (χ1n) is 7.34. The summed E-state index contributed by atoms with van der Waals surface area (Å²) in [6.07, 6.45) is 0. The molecule has 2 N–H and O–H groups in total. The maximum absolute atomic E-state index is 12.5. The number of methoxy groups -OCH3 is 1. The topological polar surface area (TPSA) is 67.9 Å². The molecule has 1 heterocycles. The van der Waals surface area contributed by atoms with E-state index < -0.39 is 5.54 Å². The Morgan fingerprint density at radius 1 is 1.13 bits per heavy atom. The normalized spacial score (nSPS) is 20.6. The lowest BCUT2D eigenvalue weighted by molar-refractivity contribution is -0.130. The van der Waals surface area contributed by atoms with Gasteiger partial charge in [-0.3, -0.25) is 9.69 Å². The number of hydrogen-bond acceptors (Lipinski definition) is 4. The number of hydrogen-bond donors (Lipinski definition) is 1. The van der Waals surface area contributed by atoms with Gasteiger partial charge in [0.2, 0.25) is 0 Å². The number of likely N-dealkylation sites (N-methyl/N-ethyl adjacent to an activating group) is 1. The fraction of sp³-hybridized carbons (Fsp3) is 0.222. The number of aliphatic imine (C=N–C) groups is 1. The summed E-state index contributed by atoms with van der Waals surface area (Å²) in [6.45, 7) is 1.79. The van der Waals surface area contributed by atoms with E-state index in [-0.39, 0.29) is 11.9 Å². The first-order chi connectivity index (χ1) is 11.0. The summed E-state index contributed by atoms with van der Waals surface area (Å²) in [5.41, 5.74) is 7.66. The highest BCUT2D eigenvalue weighted by molar-refractivity contribution is 6.06. The Balaban J connectivity index is 2.05. The van der Waals surface area contributed by atoms with Gasteiger partial charge in [0.15, 0.2) is 11.5 Å². The number of rotatable bonds is 3. The fourth-order valence-corrected chi connectivity index (χ4v) is 2.77. The van der Waals surface area contributed by atoms with E-state index in [4.69, 9.17) is 10.5 Å². The van der Waals surface area contributed by atoms with Crippen LogP contribution in [0.25, 0.3) is 11.1 Å². The second-order valence-corrected chi connectivity index (χ2v) is 5.72. The minimum Gasteiger partial charge on any atom is -0.497 e. The van der Waals surface area contributed by atoms with Gasteiger partial charge in [-0.2, -0.15) is 0 Å². The first-order valence-corrected chi connectivity index (χ1v) is 7.34. The van der Waals surface area contributed by atoms with Crippen molar-refractivity contribution >= 4 is 11.9 Å². The summed E-state index contributed by atoms with van der Waals surface area (Å²) in [4.78, 5) is 18.3. The molecule has 0 saturated carbocycles. The van der Waals surface area contributed by atoms with Crippen LogP contribution in [0.5, 0.6) is 5.75 Å². The zero-order valence-electron chi connectivity index (χ0n) is 13.4. The molecule has 23 heavy (non-hydrogen) atoms. The van der Waals surface area contributed by atoms with E-state index in [1.807, 2.05) is 48.5 Å². The van der Waals surface area contributed by atoms with Crippen molar-refractivity contribution < 1.29 is 9.53 Å². The van der Waals surface area contributed by atoms with Crippen LogP contribution < -0.4 is 10.5 Å². The molecule has 3 rings (SSSR count). The van der Waals surface area contributed by atoms with Crippen molar-refractivity contribution in [1.29, 1.82) is 0 Å². The van der Waals surface area contributed by atoms with Crippen LogP contribution in [0.1, 0.15) is 12.5 Å². The lowest BCUT2D eigenvalue weighted by Gasteiger charge is -2.21. The number of carbonyl (C=O) groups excluding carboxylic acids is 1. The Labute approximate surface area is 135 Å². The van der Waals surface area contributed by atoms with Crippen LogP contribution in [0.2, 0.25) is 0 Å². The second kappa shape index (κ2) is 5.43. The van der Waals surface area contributed by atoms with Crippen molar-refractivity contribution in [1.82, 2.24) is 4.90 Å². The molecule has 0 radical (unpaired) electrons. The third-order valence-corrected chi connectivity index (χ3v) is 4.23. The van der Waals surface area contributed by atoms with Crippen molar-refractivity contribution in [3.05, 3.63) is 54.1 Å². The maximum Gasteiger partial charge on any atom is 0.261 e. The monoisotopic (exact) mass is 309 g/mol. The van der Waals surface area contributed by atoms with Gasteiger partial charge in [0.05, 0.1) is 7.11 Å². The smallest absolute Gasteiger partial charge is 0.261 e. The van der Waals surface area contributed by atoms with Crippen LogP contribution in [0.15, 0.2) is 53.5 Å². The molecule has 0 aliphatic carbocycles. The molecule has 1 aliphatic heterocycles. The molecule has 0 saturated heterocycles. The van der Waals surface area contributed by atoms with Crippen molar-refractivity contribution in [2.75, 3.05) is 14.2 Å². The highest BCUT2D eigenvalue weighted by atomic mass is 16.5. The number of guanidine groups is 1. The minimum absolute atomic E-state index is 0.127. The number of nitrogens with zero attached hydrogens (tertiary/aromatic N) is 2. The van der Waals surface area contributed by atoms with Crippen LogP contribution >= 0.6 is 0 Å². The van der Waals surface area contributed by atoms with Crippen LogP contribution in [0, 0.1) is 0 Å². The molecule has 0 spiro atoms. The molecule has 2 aromatic carbocycles. The van der Waals surface area contributed by atoms with Crippen LogP contribution in [0.4, 0.5) is 0 Å². The van der Waals surface area contributed by atoms with Gasteiger partial charge in [-0.1, -0.05) is 30.3 Å². The van der Waals surface area contributed by atoms with Crippen LogP contribution in [-0.2, 0) is 10.3 Å². The van der Waals surface area contributed by atoms with Gasteiger partial charge in [0, 0.05) is 7.05 Å². The van der Waals surface area contributed by atoms with E-state index in [0.717, 1.165) is 22.4 Å². The highest BCUT2D eigenvalue weighted by Crippen LogP contribution is 2.34. The standard InChI is InChI=1S/C18H19N3O2/c1-18(16(22)21(2)17(19)20-18)14-8-4-6-12(10-14)13-7-5-9-15(11-13)23-3/h4-11H,1-3H3,(H2,19,20)/t18-/m1/s1. The lowest BCUT2D eigenvalue weighted by atomic mass is 9.89. The average Bonchev–Trinajstić information content (AvgIpc) is 2.79. The Hall–Kier alpha value is -2.82. The number of benzene rings is 2. The Bertz CT molecular complexity index is 800. The molecule has 0 unspecified atom stereocenters. The van der Waals surface area contributed by atoms with Gasteiger partial charge in [-0.25, -0.2) is 4.99 Å². The summed E-state index contributed by atoms with van der Waals surface area (Å²) in [7, 11) is 3.28. The largest absolute Gasteiger partial charge is 0.497 e. The van der Waals surface area contributed by atoms with E-state index in [9.17, 15) is 4.79 Å². The Morgan fingerprint density at radius 3 is 2.39 bits per heavy atom. The zero-order valence-corrected chi connectivity index (χ0v) is 13.4. The third kappa shape index (κ3) is 2.44. The van der Waals surface area contributed by atoms with Gasteiger partial charge in [0.25, 0.3) is 5.91 Å². The summed E-state index contributed by atoms with van der Waals surface area (Å²) in [6, 6.07) is 15.6. The molecular formula is C18H19N3O2. The summed E-state index contributed by atoms with van der Waals surface area (Å²) < 4.78 is 5.27. The predicted octanol–water partition coefficient (Wildman–Crippen LogP) is 2.36. The number of carbonyl (C=O) groups is 1. The zero-order chi connectivity index (χ0) is 16.6. The molecule has 1 amide bonds. The summed E-state index contributed by atoms with van der Waals surface area (Å²) in [5, 5.41) is 0. The van der Waals surface area contributed by atoms with Gasteiger partial charge in [-0.15, -0.1) is 0 Å². The molecule has 0 aromatic heterocycles. The molecule has 1 aliphatic rings. The molecule has 2 aromatic rings. The van der Waals surface area contributed by atoms with Gasteiger partial charge >= 0.3 is 0 Å². The highest BCUT2D eigenvalue weighted by Gasteiger charge is 2.43. The molecule has 0 fully saturated rings. The lowest BCUT2D eigenvalue weighted by Crippen LogP contribution is -2.38. The maximum atomic E-state index is 12.5. The average molecular weight is 309 g/mol. The van der Waals surface area contributed by atoms with Crippen LogP contribution in [-0.4, -0.2) is 30.9 Å². The molecule has 118 valence electrons. The molecular weight excluding hydrogens is 290 g/mol. The Kier molecular flexibility index (Phi) is 3.56. The minimum atomic E-state index is -0.978. The van der Waals surface area contributed by atoms with Gasteiger partial charge in [0.1, 0.15) is 5.75 Å². The van der Waals surface area contributed by atoms with Gasteiger partial charge < -0.3 is 10.5 Å². The predicted molar refractivity (Wildman–Crippen MR) is 90.2 cm³/mol. The van der Waals surface area contributed by atoms with Crippen molar-refractivity contribution in [3.63, 3.8) is 0 Å². The second-order valence-electron chi connectivity index (χ2n) is 5.72. The van der Waals surface area contributed by atoms with Crippen molar-refractivity contribution in [2.45, 2.75) is 12.5 Å². The van der Waals surface area contributed by atoms with E-state index in [1.54, 1.807) is 21.1 Å². The van der Waals surface area contributed by atoms with Crippen molar-refractivity contribution in [2.24, 2.45) is 10.7 Å². The fourth-order valence-electron chi connectivity index (χ4n) is 2.77. The summed E-state index contributed by atoms with van der Waals surface area (Å²) in [5.74, 6) is 0.903. The molecule has 5 heteroatoms. The SMILES string of the molecule is COc1cccc(-c2cccc([C@@]3(C)N=C(N)N(C)C3=O)c2)c1. The van der Waals surface area contributed by atoms with E-state index in [0.29, 0.717) is 0 Å². The quantitative estimate of drug-likeness (QED) is 0.946. The van der Waals surface area contributed by atoms with E-state index in [1.165, 1.54) is 4.90 Å². The number of amides is 1. The van der Waals surface area contributed by atoms with Gasteiger partial charge in [-0.05, 0) is 41.8 Å². The Morgan fingerprint density at radius 2 is 1.78 bits per heavy atom. The third-order valence-electron chi connectivity index (χ3n) is 4.23. The summed E-state index contributed by atoms with van der Waals surface area (Å²) >= 11 is 0. The molecule has 0 bridgehead atoms. The molecule has 1 atom stereocenters.